The molecule has 29 heavy (non-hydrogen) atoms. The highest BCUT2D eigenvalue weighted by Crippen LogP contribution is 2.24. The van der Waals surface area contributed by atoms with Crippen molar-refractivity contribution in [3.05, 3.63) is 63.7 Å². The van der Waals surface area contributed by atoms with Crippen LogP contribution in [0.1, 0.15) is 11.1 Å². The van der Waals surface area contributed by atoms with Crippen molar-refractivity contribution in [2.75, 3.05) is 23.6 Å². The number of carbonyl (C=O) groups excluding carboxylic acids is 2. The summed E-state index contributed by atoms with van der Waals surface area (Å²) in [7, 11) is 0. The van der Waals surface area contributed by atoms with Gasteiger partial charge in [0, 0.05) is 17.5 Å². The zero-order valence-corrected chi connectivity index (χ0v) is 16.9. The summed E-state index contributed by atoms with van der Waals surface area (Å²) >= 11 is 1.49. The molecule has 2 aromatic rings. The number of hydrogen-bond acceptors (Lipinski definition) is 6. The van der Waals surface area contributed by atoms with E-state index in [0.717, 1.165) is 11.1 Å². The average molecular weight is 415 g/mol. The zero-order valence-electron chi connectivity index (χ0n) is 16.1. The van der Waals surface area contributed by atoms with Gasteiger partial charge in [-0.1, -0.05) is 12.1 Å². The Hall–Kier alpha value is -3.07. The number of nitrogens with one attached hydrogen (secondary N) is 1. The van der Waals surface area contributed by atoms with E-state index in [4.69, 9.17) is 4.74 Å². The van der Waals surface area contributed by atoms with Crippen LogP contribution in [0.5, 0.6) is 5.75 Å². The van der Waals surface area contributed by atoms with E-state index in [-0.39, 0.29) is 29.9 Å². The maximum absolute atomic E-state index is 12.7. The number of non-ortho nitro benzene ring substituents is 1. The summed E-state index contributed by atoms with van der Waals surface area (Å²) in [6, 6.07) is 10.7. The van der Waals surface area contributed by atoms with Crippen LogP contribution in [0.4, 0.5) is 11.4 Å². The van der Waals surface area contributed by atoms with Gasteiger partial charge in [-0.05, 0) is 43.2 Å². The Bertz CT molecular complexity index is 949. The Morgan fingerprint density at radius 2 is 2.03 bits per heavy atom. The topological polar surface area (TPSA) is 102 Å². The minimum absolute atomic E-state index is 0.114. The standard InChI is InChI=1S/C20H21N3O5S/c1-13-6-7-15(8-14(13)2)21-20(25)18-11-29-12-22(18)19(24)10-28-17-5-3-4-16(9-17)23(26)27/h3-9,18H,10-12H2,1-2H3,(H,21,25). The third kappa shape index (κ3) is 5.05. The molecule has 0 bridgehead atoms. The van der Waals surface area contributed by atoms with Crippen molar-refractivity contribution >= 4 is 35.0 Å². The Balaban J connectivity index is 1.61. The van der Waals surface area contributed by atoms with Crippen LogP contribution in [0.2, 0.25) is 0 Å². The summed E-state index contributed by atoms with van der Waals surface area (Å²) < 4.78 is 5.41. The van der Waals surface area contributed by atoms with E-state index in [9.17, 15) is 19.7 Å². The van der Waals surface area contributed by atoms with Crippen LogP contribution in [-0.4, -0.2) is 45.9 Å². The minimum atomic E-state index is -0.595. The number of aryl methyl sites for hydroxylation is 2. The second-order valence-electron chi connectivity index (χ2n) is 6.71. The van der Waals surface area contributed by atoms with Gasteiger partial charge in [-0.25, -0.2) is 0 Å². The van der Waals surface area contributed by atoms with Gasteiger partial charge in [-0.15, -0.1) is 11.8 Å². The largest absolute Gasteiger partial charge is 0.484 e. The van der Waals surface area contributed by atoms with E-state index in [1.54, 1.807) is 6.07 Å². The SMILES string of the molecule is Cc1ccc(NC(=O)C2CSCN2C(=O)COc2cccc([N+](=O)[O-])c2)cc1C. The first-order valence-corrected chi connectivity index (χ1v) is 10.1. The molecular formula is C20H21N3O5S. The number of nitrogens with zero attached hydrogens (tertiary/aromatic N) is 2. The van der Waals surface area contributed by atoms with Crippen molar-refractivity contribution in [3.63, 3.8) is 0 Å². The molecule has 0 aliphatic carbocycles. The van der Waals surface area contributed by atoms with Crippen molar-refractivity contribution in [2.24, 2.45) is 0 Å². The Morgan fingerprint density at radius 1 is 1.24 bits per heavy atom. The molecule has 1 saturated heterocycles. The molecule has 2 aromatic carbocycles. The van der Waals surface area contributed by atoms with Gasteiger partial charge >= 0.3 is 0 Å². The lowest BCUT2D eigenvalue weighted by atomic mass is 10.1. The number of nitro groups is 1. The predicted octanol–water partition coefficient (Wildman–Crippen LogP) is 3.13. The molecule has 8 nitrogen and oxygen atoms in total. The van der Waals surface area contributed by atoms with Crippen molar-refractivity contribution in [2.45, 2.75) is 19.9 Å². The third-order valence-electron chi connectivity index (χ3n) is 4.67. The third-order valence-corrected chi connectivity index (χ3v) is 5.68. The van der Waals surface area contributed by atoms with E-state index in [2.05, 4.69) is 5.32 Å². The summed E-state index contributed by atoms with van der Waals surface area (Å²) in [5.41, 5.74) is 2.78. The summed E-state index contributed by atoms with van der Waals surface area (Å²) in [6.45, 7) is 3.67. The molecule has 1 aliphatic heterocycles. The summed E-state index contributed by atoms with van der Waals surface area (Å²) in [5, 5.41) is 13.7. The Morgan fingerprint density at radius 3 is 2.76 bits per heavy atom. The van der Waals surface area contributed by atoms with Crippen molar-refractivity contribution in [3.8, 4) is 5.75 Å². The molecule has 1 aliphatic rings. The Kier molecular flexibility index (Phi) is 6.38. The fraction of sp³-hybridized carbons (Fsp3) is 0.300. The lowest BCUT2D eigenvalue weighted by Gasteiger charge is -2.23. The van der Waals surface area contributed by atoms with Crippen molar-refractivity contribution in [1.29, 1.82) is 0 Å². The molecular weight excluding hydrogens is 394 g/mol. The zero-order chi connectivity index (χ0) is 21.0. The van der Waals surface area contributed by atoms with E-state index >= 15 is 0 Å². The molecule has 1 heterocycles. The molecule has 0 aromatic heterocycles. The van der Waals surface area contributed by atoms with Crippen LogP contribution in [0.15, 0.2) is 42.5 Å². The van der Waals surface area contributed by atoms with Crippen LogP contribution in [0, 0.1) is 24.0 Å². The molecule has 1 fully saturated rings. The highest BCUT2D eigenvalue weighted by Gasteiger charge is 2.34. The summed E-state index contributed by atoms with van der Waals surface area (Å²) in [6.07, 6.45) is 0. The molecule has 0 spiro atoms. The number of ether oxygens (including phenoxy) is 1. The number of nitro benzene ring substituents is 1. The number of hydrogen-bond donors (Lipinski definition) is 1. The van der Waals surface area contributed by atoms with Crippen molar-refractivity contribution < 1.29 is 19.2 Å². The van der Waals surface area contributed by atoms with Crippen LogP contribution in [0.25, 0.3) is 0 Å². The number of carbonyl (C=O) groups is 2. The molecule has 1 N–H and O–H groups in total. The fourth-order valence-corrected chi connectivity index (χ4v) is 4.05. The number of thioether (sulfide) groups is 1. The molecule has 0 radical (unpaired) electrons. The fourth-order valence-electron chi connectivity index (χ4n) is 2.87. The molecule has 9 heteroatoms. The van der Waals surface area contributed by atoms with Gasteiger partial charge < -0.3 is 15.0 Å². The number of amides is 2. The molecule has 1 unspecified atom stereocenters. The lowest BCUT2D eigenvalue weighted by molar-refractivity contribution is -0.384. The van der Waals surface area contributed by atoms with Crippen LogP contribution in [-0.2, 0) is 9.59 Å². The molecule has 3 rings (SSSR count). The minimum Gasteiger partial charge on any atom is -0.484 e. The van der Waals surface area contributed by atoms with E-state index in [1.807, 2.05) is 32.0 Å². The van der Waals surface area contributed by atoms with Crippen molar-refractivity contribution in [1.82, 2.24) is 4.90 Å². The average Bonchev–Trinajstić information content (AvgIpc) is 3.19. The Labute approximate surface area is 172 Å². The smallest absolute Gasteiger partial charge is 0.273 e. The quantitative estimate of drug-likeness (QED) is 0.574. The van der Waals surface area contributed by atoms with Gasteiger partial charge in [0.2, 0.25) is 5.91 Å². The molecule has 1 atom stereocenters. The van der Waals surface area contributed by atoms with Gasteiger partial charge in [0.25, 0.3) is 11.6 Å². The molecule has 2 amide bonds. The van der Waals surface area contributed by atoms with Crippen LogP contribution in [0.3, 0.4) is 0 Å². The first kappa shape index (κ1) is 20.7. The highest BCUT2D eigenvalue weighted by atomic mass is 32.2. The predicted molar refractivity (Wildman–Crippen MR) is 111 cm³/mol. The second-order valence-corrected chi connectivity index (χ2v) is 7.71. The normalized spacial score (nSPS) is 15.8. The lowest BCUT2D eigenvalue weighted by Crippen LogP contribution is -2.46. The second kappa shape index (κ2) is 8.95. The van der Waals surface area contributed by atoms with E-state index < -0.39 is 11.0 Å². The van der Waals surface area contributed by atoms with Crippen LogP contribution < -0.4 is 10.1 Å². The van der Waals surface area contributed by atoms with Gasteiger partial charge in [0.05, 0.1) is 16.9 Å². The number of benzene rings is 2. The number of anilines is 1. The summed E-state index contributed by atoms with van der Waals surface area (Å²) in [5.74, 6) is 0.528. The van der Waals surface area contributed by atoms with E-state index in [1.165, 1.54) is 34.9 Å². The first-order chi connectivity index (χ1) is 13.8. The monoisotopic (exact) mass is 415 g/mol. The van der Waals surface area contributed by atoms with Gasteiger partial charge in [0.1, 0.15) is 11.8 Å². The maximum atomic E-state index is 12.7. The van der Waals surface area contributed by atoms with E-state index in [0.29, 0.717) is 17.3 Å². The van der Waals surface area contributed by atoms with Crippen LogP contribution >= 0.6 is 11.8 Å². The summed E-state index contributed by atoms with van der Waals surface area (Å²) in [4.78, 5) is 37.0. The number of rotatable bonds is 6. The maximum Gasteiger partial charge on any atom is 0.273 e. The highest BCUT2D eigenvalue weighted by molar-refractivity contribution is 7.99. The van der Waals surface area contributed by atoms with Gasteiger partial charge in [-0.2, -0.15) is 0 Å². The molecule has 0 saturated carbocycles. The first-order valence-electron chi connectivity index (χ1n) is 8.98. The molecule has 152 valence electrons. The van der Waals surface area contributed by atoms with Gasteiger partial charge in [-0.3, -0.25) is 19.7 Å². The van der Waals surface area contributed by atoms with Gasteiger partial charge in [0.15, 0.2) is 6.61 Å².